The molecule has 2 aromatic rings. The van der Waals surface area contributed by atoms with E-state index < -0.39 is 32.6 Å². The lowest BCUT2D eigenvalue weighted by Crippen LogP contribution is -2.57. The van der Waals surface area contributed by atoms with E-state index >= 15 is 0 Å². The maximum Gasteiger partial charge on any atom is 0.236 e. The normalized spacial score (nSPS) is 12.4. The number of hydrogen-bond acceptors (Lipinski definition) is 9. The molecule has 0 radical (unpaired) electrons. The first-order chi connectivity index (χ1) is 13.0. The second-order valence-corrected chi connectivity index (χ2v) is 8.84. The quantitative estimate of drug-likeness (QED) is 0.262. The number of aryl methyl sites for hydroxylation is 1. The Hall–Kier alpha value is -2.54. The molecular formula is C16H19N3O7S2. The fourth-order valence-corrected chi connectivity index (χ4v) is 3.76. The Morgan fingerprint density at radius 2 is 1.89 bits per heavy atom. The monoisotopic (exact) mass is 429 g/mol. The maximum atomic E-state index is 12.3. The van der Waals surface area contributed by atoms with Crippen LogP contribution in [0.2, 0.25) is 0 Å². The number of nitrogen functional groups attached to an aromatic ring is 1. The molecule has 2 rings (SSSR count). The lowest BCUT2D eigenvalue weighted by Gasteiger charge is -2.08. The van der Waals surface area contributed by atoms with E-state index in [1.54, 1.807) is 18.2 Å². The van der Waals surface area contributed by atoms with Gasteiger partial charge in [0.2, 0.25) is 16.1 Å². The van der Waals surface area contributed by atoms with Crippen molar-refractivity contribution in [2.45, 2.75) is 11.8 Å². The molecule has 3 N–H and O–H groups in total. The van der Waals surface area contributed by atoms with Gasteiger partial charge in [-0.3, -0.25) is 4.18 Å². The number of hydrogen-bond donors (Lipinski definition) is 2. The SMILES string of the molecule is COc1cc([NH+]=Nc2cccc(S(=O)(=O)CCOS(=O)(=O)[O-])c2)c(C)cc1N. The summed E-state index contributed by atoms with van der Waals surface area (Å²) in [5, 5.41) is 6.97. The van der Waals surface area contributed by atoms with Crippen molar-refractivity contribution in [2.24, 2.45) is 5.11 Å². The molecule has 152 valence electrons. The average Bonchev–Trinajstić information content (AvgIpc) is 2.60. The van der Waals surface area contributed by atoms with Gasteiger partial charge < -0.3 is 15.0 Å². The number of methoxy groups -OCH3 is 1. The van der Waals surface area contributed by atoms with Crippen LogP contribution in [-0.4, -0.2) is 40.9 Å². The van der Waals surface area contributed by atoms with Crippen LogP contribution >= 0.6 is 0 Å². The third kappa shape index (κ3) is 5.99. The predicted octanol–water partition coefficient (Wildman–Crippen LogP) is 0.332. The molecule has 0 bridgehead atoms. The van der Waals surface area contributed by atoms with Crippen molar-refractivity contribution in [2.75, 3.05) is 25.2 Å². The smallest absolute Gasteiger partial charge is 0.236 e. The molecular weight excluding hydrogens is 410 g/mol. The van der Waals surface area contributed by atoms with Gasteiger partial charge in [-0.2, -0.15) is 0 Å². The van der Waals surface area contributed by atoms with Crippen LogP contribution in [0.5, 0.6) is 5.75 Å². The minimum Gasteiger partial charge on any atom is -0.726 e. The van der Waals surface area contributed by atoms with Crippen LogP contribution < -0.4 is 15.6 Å². The van der Waals surface area contributed by atoms with Crippen LogP contribution in [0.1, 0.15) is 5.56 Å². The van der Waals surface area contributed by atoms with Gasteiger partial charge in [-0.05, 0) is 36.3 Å². The molecule has 0 aliphatic carbocycles. The summed E-state index contributed by atoms with van der Waals surface area (Å²) in [4.78, 5) is -0.0888. The Morgan fingerprint density at radius 3 is 2.54 bits per heavy atom. The largest absolute Gasteiger partial charge is 0.726 e. The molecule has 0 heterocycles. The number of benzene rings is 2. The van der Waals surface area contributed by atoms with Gasteiger partial charge in [0.25, 0.3) is 0 Å². The summed E-state index contributed by atoms with van der Waals surface area (Å²) in [7, 11) is -7.33. The van der Waals surface area contributed by atoms with Crippen molar-refractivity contribution >= 4 is 37.3 Å². The number of azo groups is 1. The summed E-state index contributed by atoms with van der Waals surface area (Å²) < 4.78 is 64.8. The highest BCUT2D eigenvalue weighted by molar-refractivity contribution is 7.91. The number of nitrogens with one attached hydrogen (secondary N) is 1. The van der Waals surface area contributed by atoms with E-state index in [1.807, 2.05) is 6.92 Å². The minimum atomic E-state index is -4.95. The Balaban J connectivity index is 2.22. The fourth-order valence-electron chi connectivity index (χ4n) is 2.24. The van der Waals surface area contributed by atoms with E-state index in [0.29, 0.717) is 22.8 Å². The number of anilines is 1. The molecule has 10 nitrogen and oxygen atoms in total. The molecule has 0 fully saturated rings. The van der Waals surface area contributed by atoms with E-state index in [4.69, 9.17) is 10.5 Å². The Bertz CT molecular complexity index is 1100. The van der Waals surface area contributed by atoms with Gasteiger partial charge in [-0.1, -0.05) is 11.2 Å². The number of sulfone groups is 1. The molecule has 0 amide bonds. The third-order valence-electron chi connectivity index (χ3n) is 3.64. The standard InChI is InChI=1S/C16H19N3O7S2/c1-11-8-14(17)16(25-2)10-15(11)19-18-12-4-3-5-13(9-12)27(20,21)7-6-26-28(22,23)24/h3-5,8-10H,6-7,17H2,1-2H3,(H,22,23,24). The van der Waals surface area contributed by atoms with Crippen LogP contribution in [0.4, 0.5) is 17.1 Å². The lowest BCUT2D eigenvalue weighted by atomic mass is 10.1. The number of rotatable bonds is 8. The van der Waals surface area contributed by atoms with E-state index in [2.05, 4.69) is 14.4 Å². The van der Waals surface area contributed by atoms with Crippen molar-refractivity contribution in [3.05, 3.63) is 42.0 Å². The average molecular weight is 429 g/mol. The third-order valence-corrected chi connectivity index (χ3v) is 5.77. The first kappa shape index (κ1) is 21.8. The summed E-state index contributed by atoms with van der Waals surface area (Å²) in [5.41, 5.74) is 8.04. The minimum absolute atomic E-state index is 0.0888. The molecule has 0 aliphatic rings. The van der Waals surface area contributed by atoms with E-state index in [1.165, 1.54) is 25.3 Å². The Morgan fingerprint density at radius 1 is 1.18 bits per heavy atom. The van der Waals surface area contributed by atoms with Crippen molar-refractivity contribution in [1.82, 2.24) is 0 Å². The summed E-state index contributed by atoms with van der Waals surface area (Å²) in [5.74, 6) is -0.201. The zero-order valence-electron chi connectivity index (χ0n) is 15.1. The molecule has 2 aromatic carbocycles. The van der Waals surface area contributed by atoms with Crippen LogP contribution in [-0.2, 0) is 24.4 Å². The summed E-state index contributed by atoms with van der Waals surface area (Å²) in [6, 6.07) is 9.07. The first-order valence-corrected chi connectivity index (χ1v) is 10.8. The van der Waals surface area contributed by atoms with Gasteiger partial charge in [-0.25, -0.2) is 16.8 Å². The van der Waals surface area contributed by atoms with Crippen LogP contribution in [0.15, 0.2) is 46.4 Å². The van der Waals surface area contributed by atoms with Crippen molar-refractivity contribution in [1.29, 1.82) is 0 Å². The molecule has 0 atom stereocenters. The highest BCUT2D eigenvalue weighted by Gasteiger charge is 2.16. The molecule has 28 heavy (non-hydrogen) atoms. The molecule has 0 aliphatic heterocycles. The molecule has 12 heteroatoms. The van der Waals surface area contributed by atoms with E-state index in [0.717, 1.165) is 5.56 Å². The number of nitrogens with two attached hydrogens (primary N) is 1. The molecule has 0 spiro atoms. The Kier molecular flexibility index (Phi) is 6.72. The highest BCUT2D eigenvalue weighted by Crippen LogP contribution is 2.26. The second kappa shape index (κ2) is 8.65. The van der Waals surface area contributed by atoms with E-state index in [-0.39, 0.29) is 4.90 Å². The molecule has 0 unspecified atom stereocenters. The topological polar surface area (TPSA) is 162 Å². The predicted molar refractivity (Wildman–Crippen MR) is 99.0 cm³/mol. The van der Waals surface area contributed by atoms with Gasteiger partial charge in [0, 0.05) is 5.56 Å². The van der Waals surface area contributed by atoms with Crippen molar-refractivity contribution in [3.8, 4) is 5.75 Å². The van der Waals surface area contributed by atoms with Gasteiger partial charge >= 0.3 is 0 Å². The maximum absolute atomic E-state index is 12.3. The van der Waals surface area contributed by atoms with E-state index in [9.17, 15) is 21.4 Å². The first-order valence-electron chi connectivity index (χ1n) is 7.86. The van der Waals surface area contributed by atoms with Crippen LogP contribution in [0.25, 0.3) is 0 Å². The summed E-state index contributed by atoms with van der Waals surface area (Å²) in [6.45, 7) is 1.05. The van der Waals surface area contributed by atoms with Crippen LogP contribution in [0, 0.1) is 6.92 Å². The molecule has 0 saturated heterocycles. The Labute approximate surface area is 162 Å². The summed E-state index contributed by atoms with van der Waals surface area (Å²) >= 11 is 0. The zero-order valence-corrected chi connectivity index (χ0v) is 16.7. The second-order valence-electron chi connectivity index (χ2n) is 5.68. The number of nitrogens with zero attached hydrogens (tertiary/aromatic N) is 1. The van der Waals surface area contributed by atoms with Gasteiger partial charge in [0.1, 0.15) is 11.4 Å². The zero-order chi connectivity index (χ0) is 20.9. The molecule has 0 saturated carbocycles. The van der Waals surface area contributed by atoms with Crippen molar-refractivity contribution < 1.29 is 35.4 Å². The van der Waals surface area contributed by atoms with Crippen LogP contribution in [0.3, 0.4) is 0 Å². The van der Waals surface area contributed by atoms with Gasteiger partial charge in [0.15, 0.2) is 9.84 Å². The van der Waals surface area contributed by atoms with Crippen molar-refractivity contribution in [3.63, 3.8) is 0 Å². The highest BCUT2D eigenvalue weighted by atomic mass is 32.3. The lowest BCUT2D eigenvalue weighted by molar-refractivity contribution is -0.433. The van der Waals surface area contributed by atoms with Gasteiger partial charge in [-0.15, -0.1) is 0 Å². The summed E-state index contributed by atoms with van der Waals surface area (Å²) in [6.07, 6.45) is 0. The molecule has 0 aromatic heterocycles. The van der Waals surface area contributed by atoms with Gasteiger partial charge in [0.05, 0.1) is 36.1 Å². The fraction of sp³-hybridized carbons (Fsp3) is 0.250. The number of ether oxygens (including phenoxy) is 1.